The van der Waals surface area contributed by atoms with Crippen LogP contribution in [0.2, 0.25) is 0 Å². The van der Waals surface area contributed by atoms with Crippen molar-refractivity contribution >= 4 is 11.9 Å². The number of carboxylic acids is 1. The first-order valence-corrected chi connectivity index (χ1v) is 6.46. The molecule has 0 aliphatic heterocycles. The van der Waals surface area contributed by atoms with E-state index in [-0.39, 0.29) is 18.4 Å². The number of hydrogen-bond acceptors (Lipinski definition) is 3. The number of aliphatic carboxylic acids is 1. The lowest BCUT2D eigenvalue weighted by atomic mass is 10.2. The molecule has 0 aromatic carbocycles. The highest BCUT2D eigenvalue weighted by molar-refractivity contribution is 5.93. The lowest BCUT2D eigenvalue weighted by Crippen LogP contribution is -2.40. The van der Waals surface area contributed by atoms with Gasteiger partial charge in [0.05, 0.1) is 12.1 Å². The van der Waals surface area contributed by atoms with Crippen LogP contribution in [0.25, 0.3) is 0 Å². The predicted molar refractivity (Wildman–Crippen MR) is 71.0 cm³/mol. The topological polar surface area (TPSA) is 75.4 Å². The van der Waals surface area contributed by atoms with E-state index in [4.69, 9.17) is 5.11 Å². The molecule has 1 atom stereocenters. The van der Waals surface area contributed by atoms with E-state index >= 15 is 0 Å². The van der Waals surface area contributed by atoms with Crippen molar-refractivity contribution in [1.29, 1.82) is 0 Å². The van der Waals surface area contributed by atoms with E-state index in [0.717, 1.165) is 12.1 Å². The fourth-order valence-corrected chi connectivity index (χ4v) is 2.07. The molecule has 6 heteroatoms. The van der Waals surface area contributed by atoms with Gasteiger partial charge in [-0.1, -0.05) is 6.92 Å². The monoisotopic (exact) mass is 267 g/mol. The molecule has 1 N–H and O–H groups in total. The van der Waals surface area contributed by atoms with E-state index in [9.17, 15) is 9.59 Å². The zero-order valence-electron chi connectivity index (χ0n) is 11.9. The Morgan fingerprint density at radius 1 is 1.47 bits per heavy atom. The number of carboxylic acid groups (broad SMARTS) is 1. The Labute approximate surface area is 113 Å². The average molecular weight is 267 g/mol. The molecule has 0 saturated heterocycles. The van der Waals surface area contributed by atoms with Crippen molar-refractivity contribution in [3.63, 3.8) is 0 Å². The van der Waals surface area contributed by atoms with Crippen molar-refractivity contribution in [3.05, 3.63) is 17.5 Å². The third-order valence-corrected chi connectivity index (χ3v) is 3.12. The summed E-state index contributed by atoms with van der Waals surface area (Å²) in [6.45, 7) is 6.03. The van der Waals surface area contributed by atoms with Crippen molar-refractivity contribution < 1.29 is 14.7 Å². The van der Waals surface area contributed by atoms with E-state index < -0.39 is 5.97 Å². The lowest BCUT2D eigenvalue weighted by Gasteiger charge is -2.26. The Hall–Kier alpha value is -1.85. The third kappa shape index (κ3) is 3.56. The zero-order chi connectivity index (χ0) is 14.6. The van der Waals surface area contributed by atoms with Gasteiger partial charge in [0.25, 0.3) is 5.91 Å². The minimum absolute atomic E-state index is 0.0575. The highest BCUT2D eigenvalue weighted by Crippen LogP contribution is 2.12. The van der Waals surface area contributed by atoms with Gasteiger partial charge in [-0.05, 0) is 26.3 Å². The third-order valence-electron chi connectivity index (χ3n) is 3.12. The molecule has 1 amide bonds. The molecule has 6 nitrogen and oxygen atoms in total. The summed E-state index contributed by atoms with van der Waals surface area (Å²) in [5.74, 6) is -1.08. The van der Waals surface area contributed by atoms with Crippen LogP contribution in [0.3, 0.4) is 0 Å². The minimum atomic E-state index is -0.905. The Morgan fingerprint density at radius 2 is 2.11 bits per heavy atom. The molecule has 0 fully saturated rings. The summed E-state index contributed by atoms with van der Waals surface area (Å²) in [5, 5.41) is 13.1. The van der Waals surface area contributed by atoms with Gasteiger partial charge in [-0.3, -0.25) is 14.3 Å². The quantitative estimate of drug-likeness (QED) is 0.843. The van der Waals surface area contributed by atoms with Gasteiger partial charge in [0.15, 0.2) is 0 Å². The first kappa shape index (κ1) is 15.2. The largest absolute Gasteiger partial charge is 0.481 e. The van der Waals surface area contributed by atoms with Crippen LogP contribution in [0.15, 0.2) is 6.07 Å². The molecule has 1 aromatic heterocycles. The van der Waals surface area contributed by atoms with Gasteiger partial charge < -0.3 is 10.0 Å². The second kappa shape index (κ2) is 6.36. The maximum atomic E-state index is 12.4. The fourth-order valence-electron chi connectivity index (χ4n) is 2.07. The second-order valence-corrected chi connectivity index (χ2v) is 4.54. The standard InChI is InChI=1S/C13H21N3O3/c1-5-10-8-11(15(4)14-10)13(19)16(6-2)9(3)7-12(17)18/h8-9H,5-7H2,1-4H3,(H,17,18). The van der Waals surface area contributed by atoms with Crippen LogP contribution < -0.4 is 0 Å². The van der Waals surface area contributed by atoms with E-state index in [2.05, 4.69) is 5.10 Å². The molecular formula is C13H21N3O3. The number of hydrogen-bond donors (Lipinski definition) is 1. The fraction of sp³-hybridized carbons (Fsp3) is 0.615. The summed E-state index contributed by atoms with van der Waals surface area (Å²) in [4.78, 5) is 24.7. The van der Waals surface area contributed by atoms with Crippen molar-refractivity contribution in [2.24, 2.45) is 7.05 Å². The number of nitrogens with zero attached hydrogens (tertiary/aromatic N) is 3. The maximum absolute atomic E-state index is 12.4. The van der Waals surface area contributed by atoms with Crippen molar-refractivity contribution in [1.82, 2.24) is 14.7 Å². The van der Waals surface area contributed by atoms with Gasteiger partial charge >= 0.3 is 5.97 Å². The second-order valence-electron chi connectivity index (χ2n) is 4.54. The number of aromatic nitrogens is 2. The average Bonchev–Trinajstić information content (AvgIpc) is 2.70. The van der Waals surface area contributed by atoms with Gasteiger partial charge in [-0.15, -0.1) is 0 Å². The van der Waals surface area contributed by atoms with E-state index in [1.807, 2.05) is 13.8 Å². The summed E-state index contributed by atoms with van der Waals surface area (Å²) in [5.41, 5.74) is 1.35. The highest BCUT2D eigenvalue weighted by Gasteiger charge is 2.24. The normalized spacial score (nSPS) is 12.2. The Bertz CT molecular complexity index is 468. The maximum Gasteiger partial charge on any atom is 0.305 e. The highest BCUT2D eigenvalue weighted by atomic mass is 16.4. The molecule has 19 heavy (non-hydrogen) atoms. The van der Waals surface area contributed by atoms with Crippen molar-refractivity contribution in [2.45, 2.75) is 39.7 Å². The molecule has 0 radical (unpaired) electrons. The zero-order valence-corrected chi connectivity index (χ0v) is 11.9. The summed E-state index contributed by atoms with van der Waals surface area (Å²) in [6.07, 6.45) is 0.704. The first-order chi connectivity index (χ1) is 8.90. The number of rotatable bonds is 6. The SMILES string of the molecule is CCc1cc(C(=O)N(CC)C(C)CC(=O)O)n(C)n1. The molecule has 106 valence electrons. The van der Waals surface area contributed by atoms with Crippen LogP contribution >= 0.6 is 0 Å². The molecule has 1 unspecified atom stereocenters. The summed E-state index contributed by atoms with van der Waals surface area (Å²) in [7, 11) is 1.72. The first-order valence-electron chi connectivity index (χ1n) is 6.46. The van der Waals surface area contributed by atoms with Crippen LogP contribution in [-0.2, 0) is 18.3 Å². The molecule has 0 saturated carbocycles. The number of aryl methyl sites for hydroxylation is 2. The van der Waals surface area contributed by atoms with E-state index in [1.165, 1.54) is 0 Å². The summed E-state index contributed by atoms with van der Waals surface area (Å²) < 4.78 is 1.55. The van der Waals surface area contributed by atoms with Gasteiger partial charge in [0.1, 0.15) is 5.69 Å². The minimum Gasteiger partial charge on any atom is -0.481 e. The molecule has 0 aliphatic carbocycles. The van der Waals surface area contributed by atoms with Crippen LogP contribution in [0.4, 0.5) is 0 Å². The summed E-state index contributed by atoms with van der Waals surface area (Å²) in [6, 6.07) is 1.42. The van der Waals surface area contributed by atoms with Crippen LogP contribution in [-0.4, -0.2) is 44.3 Å². The number of carbonyl (C=O) groups excluding carboxylic acids is 1. The molecule has 1 heterocycles. The van der Waals surface area contributed by atoms with Gasteiger partial charge in [-0.25, -0.2) is 0 Å². The summed E-state index contributed by atoms with van der Waals surface area (Å²) >= 11 is 0. The Morgan fingerprint density at radius 3 is 2.53 bits per heavy atom. The Kier molecular flexibility index (Phi) is 5.09. The van der Waals surface area contributed by atoms with Gasteiger partial charge in [0, 0.05) is 19.6 Å². The molecule has 0 aliphatic rings. The van der Waals surface area contributed by atoms with Crippen LogP contribution in [0, 0.1) is 0 Å². The van der Waals surface area contributed by atoms with Gasteiger partial charge in [0.2, 0.25) is 0 Å². The van der Waals surface area contributed by atoms with Crippen molar-refractivity contribution in [3.8, 4) is 0 Å². The Balaban J connectivity index is 2.94. The van der Waals surface area contributed by atoms with Crippen LogP contribution in [0.1, 0.15) is 43.4 Å². The molecule has 0 spiro atoms. The van der Waals surface area contributed by atoms with Crippen molar-refractivity contribution in [2.75, 3.05) is 6.54 Å². The lowest BCUT2D eigenvalue weighted by molar-refractivity contribution is -0.138. The molecule has 1 aromatic rings. The molecule has 1 rings (SSSR count). The molecule has 0 bridgehead atoms. The van der Waals surface area contributed by atoms with Gasteiger partial charge in [-0.2, -0.15) is 5.10 Å². The predicted octanol–water partition coefficient (Wildman–Crippen LogP) is 1.31. The van der Waals surface area contributed by atoms with E-state index in [1.54, 1.807) is 29.6 Å². The van der Waals surface area contributed by atoms with E-state index in [0.29, 0.717) is 12.2 Å². The number of amides is 1. The molecular weight excluding hydrogens is 246 g/mol. The smallest absolute Gasteiger partial charge is 0.305 e. The number of carbonyl (C=O) groups is 2. The van der Waals surface area contributed by atoms with Crippen LogP contribution in [0.5, 0.6) is 0 Å².